The fourth-order valence-electron chi connectivity index (χ4n) is 2.49. The van der Waals surface area contributed by atoms with Gasteiger partial charge in [0.25, 0.3) is 5.69 Å². The van der Waals surface area contributed by atoms with Crippen molar-refractivity contribution < 1.29 is 14.5 Å². The molecule has 26 heavy (non-hydrogen) atoms. The summed E-state index contributed by atoms with van der Waals surface area (Å²) in [5, 5.41) is 11.0. The number of fused-ring (bicyclic) bond motifs is 1. The fraction of sp³-hybridized carbons (Fsp3) is 0.158. The van der Waals surface area contributed by atoms with Crippen LogP contribution in [0.4, 0.5) is 5.69 Å². The number of hydrogen-bond acceptors (Lipinski definition) is 5. The van der Waals surface area contributed by atoms with Crippen LogP contribution in [-0.4, -0.2) is 20.4 Å². The van der Waals surface area contributed by atoms with E-state index in [2.05, 4.69) is 4.98 Å². The Kier molecular flexibility index (Phi) is 5.07. The summed E-state index contributed by atoms with van der Waals surface area (Å²) in [7, 11) is 0. The van der Waals surface area contributed by atoms with Crippen LogP contribution in [0, 0.1) is 10.1 Å². The second-order valence-electron chi connectivity index (χ2n) is 5.57. The lowest BCUT2D eigenvalue weighted by Gasteiger charge is -2.05. The van der Waals surface area contributed by atoms with Crippen LogP contribution >= 0.6 is 0 Å². The number of hydrogen-bond donors (Lipinski definition) is 0. The van der Waals surface area contributed by atoms with Gasteiger partial charge in [-0.05, 0) is 17.7 Å². The average Bonchev–Trinajstić information content (AvgIpc) is 3.01. The van der Waals surface area contributed by atoms with Crippen LogP contribution in [0.15, 0.2) is 48.5 Å². The van der Waals surface area contributed by atoms with Crippen molar-refractivity contribution in [1.82, 2.24) is 9.55 Å². The molecular weight excluding hydrogens is 334 g/mol. The first-order chi connectivity index (χ1) is 12.6. The maximum Gasteiger partial charge on any atom is 0.305 e. The summed E-state index contributed by atoms with van der Waals surface area (Å²) in [6.45, 7) is 1.71. The summed E-state index contributed by atoms with van der Waals surface area (Å²) < 4.78 is 6.96. The number of carbonyl (C=O) groups is 1. The van der Waals surface area contributed by atoms with Gasteiger partial charge in [-0.2, -0.15) is 0 Å². The van der Waals surface area contributed by atoms with Gasteiger partial charge in [0.15, 0.2) is 5.82 Å². The van der Waals surface area contributed by atoms with Gasteiger partial charge in [-0.25, -0.2) is 4.98 Å². The number of non-ortho nitro benzene ring substituents is 1. The lowest BCUT2D eigenvalue weighted by Crippen LogP contribution is -2.06. The number of benzene rings is 2. The van der Waals surface area contributed by atoms with Gasteiger partial charge in [0.1, 0.15) is 6.61 Å². The molecule has 0 aliphatic rings. The molecule has 0 spiro atoms. The van der Waals surface area contributed by atoms with Crippen LogP contribution in [0.1, 0.15) is 24.7 Å². The van der Waals surface area contributed by atoms with Crippen molar-refractivity contribution in [3.63, 3.8) is 0 Å². The predicted octanol–water partition coefficient (Wildman–Crippen LogP) is 4.03. The highest BCUT2D eigenvalue weighted by Gasteiger charge is 2.14. The smallest absolute Gasteiger partial charge is 0.305 e. The topological polar surface area (TPSA) is 87.3 Å². The highest BCUT2D eigenvalue weighted by molar-refractivity contribution is 5.82. The van der Waals surface area contributed by atoms with Crippen molar-refractivity contribution >= 4 is 35.0 Å². The molecular formula is C19H17N3O4. The van der Waals surface area contributed by atoms with E-state index in [9.17, 15) is 14.9 Å². The van der Waals surface area contributed by atoms with Crippen LogP contribution in [0.5, 0.6) is 0 Å². The molecule has 0 saturated heterocycles. The molecule has 3 aromatic rings. The number of rotatable bonds is 6. The summed E-state index contributed by atoms with van der Waals surface area (Å²) in [6, 6.07) is 14.2. The Morgan fingerprint density at radius 1 is 1.27 bits per heavy atom. The second kappa shape index (κ2) is 7.60. The van der Waals surface area contributed by atoms with E-state index in [1.165, 1.54) is 12.1 Å². The molecule has 7 heteroatoms. The Morgan fingerprint density at radius 3 is 2.73 bits per heavy atom. The van der Waals surface area contributed by atoms with Gasteiger partial charge in [-0.1, -0.05) is 37.3 Å². The number of esters is 1. The lowest BCUT2D eigenvalue weighted by molar-refractivity contribution is -0.384. The van der Waals surface area contributed by atoms with Crippen LogP contribution in [-0.2, 0) is 16.1 Å². The molecule has 1 aromatic heterocycles. The van der Waals surface area contributed by atoms with Gasteiger partial charge in [-0.15, -0.1) is 0 Å². The first-order valence-corrected chi connectivity index (χ1v) is 8.12. The molecule has 0 radical (unpaired) electrons. The van der Waals surface area contributed by atoms with Crippen molar-refractivity contribution in [2.24, 2.45) is 0 Å². The Morgan fingerprint density at radius 2 is 2.04 bits per heavy atom. The summed E-state index contributed by atoms with van der Waals surface area (Å²) >= 11 is 0. The molecule has 0 aliphatic carbocycles. The molecule has 7 nitrogen and oxygen atoms in total. The molecule has 2 aromatic carbocycles. The number of imidazole rings is 1. The average molecular weight is 351 g/mol. The van der Waals surface area contributed by atoms with Crippen LogP contribution in [0.2, 0.25) is 0 Å². The molecule has 0 bridgehead atoms. The quantitative estimate of drug-likeness (QED) is 0.380. The number of ether oxygens (including phenoxy) is 1. The molecule has 0 atom stereocenters. The van der Waals surface area contributed by atoms with E-state index >= 15 is 0 Å². The van der Waals surface area contributed by atoms with Gasteiger partial charge < -0.3 is 9.30 Å². The zero-order valence-corrected chi connectivity index (χ0v) is 14.2. The van der Waals surface area contributed by atoms with Gasteiger partial charge in [0.2, 0.25) is 0 Å². The van der Waals surface area contributed by atoms with Crippen molar-refractivity contribution in [3.8, 4) is 0 Å². The normalized spacial score (nSPS) is 11.1. The summed E-state index contributed by atoms with van der Waals surface area (Å²) in [5.41, 5.74) is 2.13. The first kappa shape index (κ1) is 17.3. The molecule has 0 fully saturated rings. The minimum atomic E-state index is -0.463. The molecule has 3 rings (SSSR count). The summed E-state index contributed by atoms with van der Waals surface area (Å²) in [4.78, 5) is 26.4. The van der Waals surface area contributed by atoms with E-state index in [4.69, 9.17) is 4.74 Å². The highest BCUT2D eigenvalue weighted by atomic mass is 16.6. The minimum Gasteiger partial charge on any atom is -0.458 e. The zero-order valence-electron chi connectivity index (χ0n) is 14.2. The predicted molar refractivity (Wildman–Crippen MR) is 98.1 cm³/mol. The third-order valence-corrected chi connectivity index (χ3v) is 3.82. The van der Waals surface area contributed by atoms with E-state index in [0.717, 1.165) is 5.56 Å². The molecule has 0 N–H and O–H groups in total. The number of nitro groups is 1. The van der Waals surface area contributed by atoms with Crippen molar-refractivity contribution in [2.75, 3.05) is 0 Å². The van der Waals surface area contributed by atoms with Crippen molar-refractivity contribution in [3.05, 3.63) is 70.0 Å². The third-order valence-electron chi connectivity index (χ3n) is 3.82. The van der Waals surface area contributed by atoms with Crippen LogP contribution in [0.25, 0.3) is 23.3 Å². The fourth-order valence-corrected chi connectivity index (χ4v) is 2.49. The Hall–Kier alpha value is -3.48. The minimum absolute atomic E-state index is 0.00567. The summed E-state index contributed by atoms with van der Waals surface area (Å²) in [5.74, 6) is 0.163. The standard InChI is InChI=1S/C19H17N3O4/c1-2-19(23)26-13-18-20-16-12-15(22(24)25)8-9-17(16)21(18)11-10-14-6-4-3-5-7-14/h3-12H,2,13H2,1H3. The largest absolute Gasteiger partial charge is 0.458 e. The van der Waals surface area contributed by atoms with Gasteiger partial charge in [-0.3, -0.25) is 14.9 Å². The SMILES string of the molecule is CCC(=O)OCc1nc2cc([N+](=O)[O-])ccc2n1C=Cc1ccccc1. The van der Waals surface area contributed by atoms with Gasteiger partial charge >= 0.3 is 5.97 Å². The Bertz CT molecular complexity index is 977. The van der Waals surface area contributed by atoms with E-state index in [1.54, 1.807) is 17.6 Å². The third kappa shape index (κ3) is 3.77. The summed E-state index contributed by atoms with van der Waals surface area (Å²) in [6.07, 6.45) is 3.98. The number of aromatic nitrogens is 2. The second-order valence-corrected chi connectivity index (χ2v) is 5.57. The molecule has 132 valence electrons. The maximum absolute atomic E-state index is 11.5. The maximum atomic E-state index is 11.5. The van der Waals surface area contributed by atoms with E-state index in [0.29, 0.717) is 16.9 Å². The van der Waals surface area contributed by atoms with E-state index in [1.807, 2.05) is 42.6 Å². The zero-order chi connectivity index (χ0) is 18.5. The lowest BCUT2D eigenvalue weighted by atomic mass is 10.2. The molecule has 0 amide bonds. The highest BCUT2D eigenvalue weighted by Crippen LogP contribution is 2.23. The number of carbonyl (C=O) groups excluding carboxylic acids is 1. The number of nitrogens with zero attached hydrogens (tertiary/aromatic N) is 3. The molecule has 0 unspecified atom stereocenters. The first-order valence-electron chi connectivity index (χ1n) is 8.12. The van der Waals surface area contributed by atoms with Crippen LogP contribution < -0.4 is 0 Å². The Balaban J connectivity index is 2.02. The van der Waals surface area contributed by atoms with Crippen molar-refractivity contribution in [1.29, 1.82) is 0 Å². The molecule has 0 aliphatic heterocycles. The molecule has 0 saturated carbocycles. The monoisotopic (exact) mass is 351 g/mol. The van der Waals surface area contributed by atoms with Crippen molar-refractivity contribution in [2.45, 2.75) is 20.0 Å². The number of nitro benzene ring substituents is 1. The molecule has 1 heterocycles. The van der Waals surface area contributed by atoms with E-state index in [-0.39, 0.29) is 24.7 Å². The van der Waals surface area contributed by atoms with Gasteiger partial charge in [0.05, 0.1) is 16.0 Å². The van der Waals surface area contributed by atoms with Gasteiger partial charge in [0, 0.05) is 24.8 Å². The van der Waals surface area contributed by atoms with Crippen LogP contribution in [0.3, 0.4) is 0 Å². The van der Waals surface area contributed by atoms with E-state index < -0.39 is 4.92 Å². The Labute approximate surface area is 149 Å².